The first-order valence-electron chi connectivity index (χ1n) is 8.04. The minimum atomic E-state index is -2.32. The van der Waals surface area contributed by atoms with Crippen molar-refractivity contribution < 1.29 is 17.5 Å². The number of hydrogen-bond acceptors (Lipinski definition) is 2. The molecule has 0 aromatic heterocycles. The van der Waals surface area contributed by atoms with Gasteiger partial charge in [-0.1, -0.05) is 48.5 Å². The van der Waals surface area contributed by atoms with Gasteiger partial charge in [-0.3, -0.25) is 0 Å². The second kappa shape index (κ2) is 7.78. The maximum absolute atomic E-state index is 12.3. The third-order valence-corrected chi connectivity index (χ3v) is 7.83. The van der Waals surface area contributed by atoms with Crippen molar-refractivity contribution in [2.45, 2.75) is 9.79 Å². The summed E-state index contributed by atoms with van der Waals surface area (Å²) in [6.45, 7) is 0. The fraction of sp³-hybridized carbons (Fsp3) is 0. The predicted molar refractivity (Wildman–Crippen MR) is 120 cm³/mol. The fourth-order valence-corrected chi connectivity index (χ4v) is 6.37. The average molecular weight is 540 g/mol. The Morgan fingerprint density at radius 1 is 0.643 bits per heavy atom. The molecule has 0 heterocycles. The van der Waals surface area contributed by atoms with E-state index >= 15 is 0 Å². The lowest BCUT2D eigenvalue weighted by Gasteiger charge is -2.18. The quantitative estimate of drug-likeness (QED) is 0.298. The number of benzene rings is 4. The summed E-state index contributed by atoms with van der Waals surface area (Å²) in [5.41, 5.74) is 0.918. The molecule has 0 saturated carbocycles. The SMILES string of the molecule is O=S(O)c1c(Br)cc2ccccc2c1-c1c(S(=O)O)c(Br)cc2ccccc12. The van der Waals surface area contributed by atoms with Crippen molar-refractivity contribution in [2.24, 2.45) is 0 Å². The third kappa shape index (κ3) is 3.28. The van der Waals surface area contributed by atoms with Gasteiger partial charge < -0.3 is 9.11 Å². The van der Waals surface area contributed by atoms with Gasteiger partial charge in [0.1, 0.15) is 0 Å². The first kappa shape index (κ1) is 19.9. The fourth-order valence-electron chi connectivity index (χ4n) is 3.43. The van der Waals surface area contributed by atoms with Gasteiger partial charge in [0.2, 0.25) is 0 Å². The van der Waals surface area contributed by atoms with E-state index in [9.17, 15) is 17.5 Å². The van der Waals surface area contributed by atoms with E-state index in [-0.39, 0.29) is 9.79 Å². The van der Waals surface area contributed by atoms with Crippen molar-refractivity contribution in [3.63, 3.8) is 0 Å². The standard InChI is InChI=1S/C20H12Br2O4S2/c21-15-9-11-5-1-3-7-13(11)17(19(15)27(23)24)18-14-8-4-2-6-12(14)10-16(22)20(18)28(25)26/h1-10H,(H,23,24)(H,25,26). The van der Waals surface area contributed by atoms with Gasteiger partial charge >= 0.3 is 0 Å². The van der Waals surface area contributed by atoms with Crippen molar-refractivity contribution in [3.8, 4) is 11.1 Å². The highest BCUT2D eigenvalue weighted by atomic mass is 79.9. The van der Waals surface area contributed by atoms with Crippen LogP contribution in [0.2, 0.25) is 0 Å². The Morgan fingerprint density at radius 2 is 1.00 bits per heavy atom. The molecule has 0 radical (unpaired) electrons. The van der Waals surface area contributed by atoms with Crippen LogP contribution in [0.5, 0.6) is 0 Å². The molecule has 2 N–H and O–H groups in total. The van der Waals surface area contributed by atoms with Crippen molar-refractivity contribution in [1.29, 1.82) is 0 Å². The molecule has 2 unspecified atom stereocenters. The van der Waals surface area contributed by atoms with Gasteiger partial charge in [-0.25, -0.2) is 8.42 Å². The molecule has 0 aliphatic carbocycles. The molecule has 0 spiro atoms. The first-order chi connectivity index (χ1) is 13.4. The van der Waals surface area contributed by atoms with Crippen LogP contribution in [-0.2, 0) is 22.2 Å². The molecular weight excluding hydrogens is 528 g/mol. The Hall–Kier alpha value is -1.42. The third-order valence-electron chi connectivity index (χ3n) is 4.51. The van der Waals surface area contributed by atoms with Gasteiger partial charge in [0.25, 0.3) is 0 Å². The lowest BCUT2D eigenvalue weighted by molar-refractivity contribution is 0.561. The lowest BCUT2D eigenvalue weighted by Crippen LogP contribution is -2.02. The van der Waals surface area contributed by atoms with Crippen LogP contribution in [0.1, 0.15) is 0 Å². The zero-order valence-electron chi connectivity index (χ0n) is 14.1. The Kier molecular flexibility index (Phi) is 5.52. The van der Waals surface area contributed by atoms with Crippen molar-refractivity contribution >= 4 is 75.6 Å². The smallest absolute Gasteiger partial charge is 0.188 e. The maximum Gasteiger partial charge on any atom is 0.188 e. The van der Waals surface area contributed by atoms with E-state index in [1.165, 1.54) is 0 Å². The molecule has 4 rings (SSSR count). The van der Waals surface area contributed by atoms with Crippen LogP contribution in [-0.4, -0.2) is 17.5 Å². The Balaban J connectivity index is 2.34. The molecule has 2 atom stereocenters. The van der Waals surface area contributed by atoms with Crippen molar-refractivity contribution in [1.82, 2.24) is 0 Å². The first-order valence-corrected chi connectivity index (χ1v) is 11.8. The van der Waals surface area contributed by atoms with Crippen molar-refractivity contribution in [3.05, 3.63) is 69.6 Å². The number of rotatable bonds is 3. The Morgan fingerprint density at radius 3 is 1.36 bits per heavy atom. The summed E-state index contributed by atoms with van der Waals surface area (Å²) in [4.78, 5) is 0.322. The van der Waals surface area contributed by atoms with Crippen LogP contribution in [0.4, 0.5) is 0 Å². The number of fused-ring (bicyclic) bond motifs is 2. The molecular formula is C20H12Br2O4S2. The molecule has 4 nitrogen and oxygen atoms in total. The highest BCUT2D eigenvalue weighted by Gasteiger charge is 2.25. The van der Waals surface area contributed by atoms with E-state index < -0.39 is 22.2 Å². The average Bonchev–Trinajstić information content (AvgIpc) is 2.65. The molecule has 4 aromatic rings. The van der Waals surface area contributed by atoms with E-state index in [2.05, 4.69) is 31.9 Å². The van der Waals surface area contributed by atoms with Gasteiger partial charge in [-0.05, 0) is 65.5 Å². The molecule has 0 amide bonds. The molecule has 0 bridgehead atoms. The highest BCUT2D eigenvalue weighted by Crippen LogP contribution is 2.45. The minimum absolute atomic E-state index is 0.161. The zero-order valence-corrected chi connectivity index (χ0v) is 18.9. The van der Waals surface area contributed by atoms with Crippen LogP contribution in [0.3, 0.4) is 0 Å². The summed E-state index contributed by atoms with van der Waals surface area (Å²) in [6.07, 6.45) is 0. The highest BCUT2D eigenvalue weighted by molar-refractivity contribution is 9.10. The molecule has 28 heavy (non-hydrogen) atoms. The van der Waals surface area contributed by atoms with Gasteiger partial charge in [-0.2, -0.15) is 0 Å². The second-order valence-corrected chi connectivity index (χ2v) is 9.59. The van der Waals surface area contributed by atoms with Crippen LogP contribution in [0.25, 0.3) is 32.7 Å². The largest absolute Gasteiger partial charge is 0.302 e. The van der Waals surface area contributed by atoms with E-state index in [1.807, 2.05) is 48.5 Å². The minimum Gasteiger partial charge on any atom is -0.302 e. The van der Waals surface area contributed by atoms with Gasteiger partial charge in [0, 0.05) is 20.1 Å². The summed E-state index contributed by atoms with van der Waals surface area (Å²) < 4.78 is 45.6. The van der Waals surface area contributed by atoms with Gasteiger partial charge in [-0.15, -0.1) is 0 Å². The van der Waals surface area contributed by atoms with Gasteiger partial charge in [0.05, 0.1) is 9.79 Å². The van der Waals surface area contributed by atoms with E-state index in [1.54, 1.807) is 12.1 Å². The molecule has 0 fully saturated rings. The summed E-state index contributed by atoms with van der Waals surface area (Å²) in [5.74, 6) is 0. The maximum atomic E-state index is 12.3. The number of halogens is 2. The van der Waals surface area contributed by atoms with Gasteiger partial charge in [0.15, 0.2) is 22.2 Å². The predicted octanol–water partition coefficient (Wildman–Crippen LogP) is 6.35. The molecule has 8 heteroatoms. The normalized spacial score (nSPS) is 13.7. The molecule has 0 saturated heterocycles. The Bertz CT molecular complexity index is 1200. The second-order valence-electron chi connectivity index (χ2n) is 6.07. The monoisotopic (exact) mass is 538 g/mol. The molecule has 142 valence electrons. The molecule has 0 aliphatic rings. The summed E-state index contributed by atoms with van der Waals surface area (Å²) in [7, 11) is 0. The van der Waals surface area contributed by atoms with Crippen molar-refractivity contribution in [2.75, 3.05) is 0 Å². The topological polar surface area (TPSA) is 74.6 Å². The number of hydrogen-bond donors (Lipinski definition) is 2. The van der Waals surface area contributed by atoms with Crippen LogP contribution in [0.15, 0.2) is 79.4 Å². The lowest BCUT2D eigenvalue weighted by atomic mass is 9.93. The van der Waals surface area contributed by atoms with Crippen LogP contribution >= 0.6 is 31.9 Å². The summed E-state index contributed by atoms with van der Waals surface area (Å²) >= 11 is 2.17. The molecule has 4 aromatic carbocycles. The summed E-state index contributed by atoms with van der Waals surface area (Å²) in [5, 5.41) is 3.13. The van der Waals surface area contributed by atoms with Crippen LogP contribution < -0.4 is 0 Å². The van der Waals surface area contributed by atoms with E-state index in [0.29, 0.717) is 20.1 Å². The Labute approximate surface area is 182 Å². The van der Waals surface area contributed by atoms with Crippen LogP contribution in [0, 0.1) is 0 Å². The van der Waals surface area contributed by atoms with E-state index in [4.69, 9.17) is 0 Å². The zero-order chi connectivity index (χ0) is 20.0. The molecule has 0 aliphatic heterocycles. The van der Waals surface area contributed by atoms with E-state index in [0.717, 1.165) is 21.5 Å². The summed E-state index contributed by atoms with van der Waals surface area (Å²) in [6, 6.07) is 18.4.